The monoisotopic (exact) mass is 379 g/mol. The molecule has 0 radical (unpaired) electrons. The lowest BCUT2D eigenvalue weighted by Gasteiger charge is -2.06. The van der Waals surface area contributed by atoms with E-state index in [1.807, 2.05) is 0 Å². The van der Waals surface area contributed by atoms with Crippen LogP contribution >= 0.6 is 34.5 Å². The highest BCUT2D eigenvalue weighted by Crippen LogP contribution is 2.34. The molecule has 0 spiro atoms. The summed E-state index contributed by atoms with van der Waals surface area (Å²) in [7, 11) is -2.46. The van der Waals surface area contributed by atoms with Crippen molar-refractivity contribution in [2.45, 2.75) is 11.4 Å². The molecule has 1 aromatic carbocycles. The number of rotatable bonds is 5. The van der Waals surface area contributed by atoms with Gasteiger partial charge in [0, 0.05) is 6.54 Å². The van der Waals surface area contributed by atoms with E-state index in [4.69, 9.17) is 23.2 Å². The van der Waals surface area contributed by atoms with Crippen molar-refractivity contribution in [2.24, 2.45) is 0 Å². The topological polar surface area (TPSA) is 72.5 Å². The lowest BCUT2D eigenvalue weighted by molar-refractivity contribution is 0.0600. The molecule has 5 nitrogen and oxygen atoms in total. The van der Waals surface area contributed by atoms with Gasteiger partial charge in [-0.25, -0.2) is 17.9 Å². The second kappa shape index (κ2) is 6.97. The quantitative estimate of drug-likeness (QED) is 0.808. The van der Waals surface area contributed by atoms with E-state index in [9.17, 15) is 13.2 Å². The minimum absolute atomic E-state index is 0.0460. The molecule has 22 heavy (non-hydrogen) atoms. The summed E-state index contributed by atoms with van der Waals surface area (Å²) >= 11 is 12.6. The Labute approximate surface area is 141 Å². The van der Waals surface area contributed by atoms with Crippen molar-refractivity contribution in [3.05, 3.63) is 50.1 Å². The number of halogens is 2. The highest BCUT2D eigenvalue weighted by Gasteiger charge is 2.20. The number of ether oxygens (including phenoxy) is 1. The molecule has 0 amide bonds. The third-order valence-electron chi connectivity index (χ3n) is 2.76. The first kappa shape index (κ1) is 17.2. The molecule has 0 atom stereocenters. The van der Waals surface area contributed by atoms with E-state index in [1.165, 1.54) is 13.2 Å². The number of methoxy groups -OCH3 is 1. The maximum Gasteiger partial charge on any atom is 0.337 e. The number of esters is 1. The Hall–Kier alpha value is -1.12. The summed E-state index contributed by atoms with van der Waals surface area (Å²) < 4.78 is 31.7. The molecular formula is C13H11Cl2NO4S2. The third-order valence-corrected chi connectivity index (χ3v) is 5.91. The van der Waals surface area contributed by atoms with Crippen LogP contribution in [0.3, 0.4) is 0 Å². The molecule has 9 heteroatoms. The summed E-state index contributed by atoms with van der Waals surface area (Å²) in [4.78, 5) is 11.3. The standard InChI is InChI=1S/C13H11Cl2NO4S2/c1-20-13(17)9-4-2-8(3-5-9)7-16-22(18,19)10-6-11(14)21-12(10)15/h2-6,16H,7H2,1H3. The van der Waals surface area contributed by atoms with E-state index in [2.05, 4.69) is 9.46 Å². The zero-order valence-corrected chi connectivity index (χ0v) is 14.4. The van der Waals surface area contributed by atoms with Crippen LogP contribution in [0, 0.1) is 0 Å². The van der Waals surface area contributed by atoms with Gasteiger partial charge in [-0.15, -0.1) is 11.3 Å². The zero-order valence-electron chi connectivity index (χ0n) is 11.3. The zero-order chi connectivity index (χ0) is 16.3. The molecule has 1 aromatic heterocycles. The number of carbonyl (C=O) groups excluding carboxylic acids is 1. The summed E-state index contributed by atoms with van der Waals surface area (Å²) in [6, 6.07) is 7.69. The minimum Gasteiger partial charge on any atom is -0.465 e. The maximum atomic E-state index is 12.1. The Morgan fingerprint density at radius 1 is 1.27 bits per heavy atom. The van der Waals surface area contributed by atoms with Crippen LogP contribution in [-0.2, 0) is 21.3 Å². The number of hydrogen-bond donors (Lipinski definition) is 1. The summed E-state index contributed by atoms with van der Waals surface area (Å²) in [5, 5.41) is 0. The van der Waals surface area contributed by atoms with Crippen molar-refractivity contribution in [2.75, 3.05) is 7.11 Å². The normalized spacial score (nSPS) is 11.4. The summed E-state index contributed by atoms with van der Waals surface area (Å²) in [5.74, 6) is -0.452. The predicted molar refractivity (Wildman–Crippen MR) is 86.1 cm³/mol. The fourth-order valence-corrected chi connectivity index (χ4v) is 4.81. The highest BCUT2D eigenvalue weighted by molar-refractivity contribution is 7.89. The van der Waals surface area contributed by atoms with Crippen molar-refractivity contribution in [1.29, 1.82) is 0 Å². The van der Waals surface area contributed by atoms with E-state index in [1.54, 1.807) is 24.3 Å². The van der Waals surface area contributed by atoms with Gasteiger partial charge in [0.1, 0.15) is 9.23 Å². The Bertz CT molecular complexity index is 785. The molecule has 1 heterocycles. The number of benzene rings is 1. The number of nitrogens with one attached hydrogen (secondary N) is 1. The first-order valence-electron chi connectivity index (χ1n) is 5.95. The minimum atomic E-state index is -3.75. The van der Waals surface area contributed by atoms with Gasteiger partial charge in [0.05, 0.1) is 17.0 Å². The molecule has 0 aliphatic heterocycles. The average molecular weight is 380 g/mol. The van der Waals surface area contributed by atoms with Crippen LogP contribution in [0.25, 0.3) is 0 Å². The van der Waals surface area contributed by atoms with Gasteiger partial charge in [0.25, 0.3) is 0 Å². The molecule has 1 N–H and O–H groups in total. The maximum absolute atomic E-state index is 12.1. The van der Waals surface area contributed by atoms with Crippen molar-refractivity contribution >= 4 is 50.5 Å². The largest absolute Gasteiger partial charge is 0.465 e. The van der Waals surface area contributed by atoms with Crippen LogP contribution in [0.2, 0.25) is 8.67 Å². The molecular weight excluding hydrogens is 369 g/mol. The van der Waals surface area contributed by atoms with Crippen LogP contribution in [0.4, 0.5) is 0 Å². The van der Waals surface area contributed by atoms with Gasteiger partial charge in [-0.05, 0) is 23.8 Å². The molecule has 0 saturated carbocycles. The molecule has 2 rings (SSSR count). The van der Waals surface area contributed by atoms with Gasteiger partial charge in [-0.1, -0.05) is 35.3 Å². The van der Waals surface area contributed by atoms with E-state index >= 15 is 0 Å². The summed E-state index contributed by atoms with van der Waals surface area (Å²) in [6.45, 7) is 0.0631. The van der Waals surface area contributed by atoms with Gasteiger partial charge in [-0.3, -0.25) is 0 Å². The predicted octanol–water partition coefficient (Wildman–Crippen LogP) is 3.32. The van der Waals surface area contributed by atoms with Gasteiger partial charge in [-0.2, -0.15) is 0 Å². The Morgan fingerprint density at radius 3 is 2.41 bits per heavy atom. The van der Waals surface area contributed by atoms with E-state index in [0.29, 0.717) is 15.5 Å². The fourth-order valence-electron chi connectivity index (χ4n) is 1.64. The van der Waals surface area contributed by atoms with Gasteiger partial charge < -0.3 is 4.74 Å². The fraction of sp³-hybridized carbons (Fsp3) is 0.154. The lowest BCUT2D eigenvalue weighted by atomic mass is 10.1. The van der Waals surface area contributed by atoms with Gasteiger partial charge >= 0.3 is 5.97 Å². The van der Waals surface area contributed by atoms with Crippen LogP contribution in [0.15, 0.2) is 35.2 Å². The molecule has 118 valence electrons. The number of sulfonamides is 1. The van der Waals surface area contributed by atoms with Gasteiger partial charge in [0.15, 0.2) is 0 Å². The Balaban J connectivity index is 2.09. The molecule has 0 unspecified atom stereocenters. The van der Waals surface area contributed by atoms with Crippen LogP contribution in [0.5, 0.6) is 0 Å². The van der Waals surface area contributed by atoms with Crippen LogP contribution in [0.1, 0.15) is 15.9 Å². The summed E-state index contributed by atoms with van der Waals surface area (Å²) in [6.07, 6.45) is 0. The average Bonchev–Trinajstić information content (AvgIpc) is 2.84. The number of carbonyl (C=O) groups is 1. The molecule has 0 bridgehead atoms. The lowest BCUT2D eigenvalue weighted by Crippen LogP contribution is -2.23. The van der Waals surface area contributed by atoms with Gasteiger partial charge in [0.2, 0.25) is 10.0 Å². The molecule has 2 aromatic rings. The number of hydrogen-bond acceptors (Lipinski definition) is 5. The second-order valence-electron chi connectivity index (χ2n) is 4.20. The van der Waals surface area contributed by atoms with Crippen molar-refractivity contribution in [3.63, 3.8) is 0 Å². The highest BCUT2D eigenvalue weighted by atomic mass is 35.5. The molecule has 0 aliphatic carbocycles. The van der Waals surface area contributed by atoms with Crippen molar-refractivity contribution in [3.8, 4) is 0 Å². The first-order valence-corrected chi connectivity index (χ1v) is 9.01. The van der Waals surface area contributed by atoms with Crippen molar-refractivity contribution in [1.82, 2.24) is 4.72 Å². The first-order chi connectivity index (χ1) is 10.3. The van der Waals surface area contributed by atoms with E-state index in [-0.39, 0.29) is 15.8 Å². The smallest absolute Gasteiger partial charge is 0.337 e. The van der Waals surface area contributed by atoms with Crippen LogP contribution in [-0.4, -0.2) is 21.5 Å². The summed E-state index contributed by atoms with van der Waals surface area (Å²) in [5.41, 5.74) is 1.08. The Morgan fingerprint density at radius 2 is 1.91 bits per heavy atom. The van der Waals surface area contributed by atoms with Crippen LogP contribution < -0.4 is 4.72 Å². The third kappa shape index (κ3) is 3.99. The Kier molecular flexibility index (Phi) is 5.46. The SMILES string of the molecule is COC(=O)c1ccc(CNS(=O)(=O)c2cc(Cl)sc2Cl)cc1. The number of thiophene rings is 1. The van der Waals surface area contributed by atoms with E-state index < -0.39 is 16.0 Å². The molecule has 0 saturated heterocycles. The van der Waals surface area contributed by atoms with Crippen molar-refractivity contribution < 1.29 is 17.9 Å². The second-order valence-corrected chi connectivity index (χ2v) is 8.22. The molecule has 0 fully saturated rings. The van der Waals surface area contributed by atoms with E-state index in [0.717, 1.165) is 11.3 Å². The molecule has 0 aliphatic rings.